The summed E-state index contributed by atoms with van der Waals surface area (Å²) in [5.41, 5.74) is 8.41. The molecule has 0 aliphatic rings. The zero-order valence-electron chi connectivity index (χ0n) is 14.9. The number of carbonyl (C=O) groups is 3. The van der Waals surface area contributed by atoms with Gasteiger partial charge in [0.25, 0.3) is 0 Å². The Balaban J connectivity index is 1.85. The van der Waals surface area contributed by atoms with Gasteiger partial charge < -0.3 is 11.1 Å². The lowest BCUT2D eigenvalue weighted by molar-refractivity contribution is -0.134. The van der Waals surface area contributed by atoms with Crippen LogP contribution in [0.1, 0.15) is 29.7 Å². The van der Waals surface area contributed by atoms with Crippen molar-refractivity contribution in [2.45, 2.75) is 32.4 Å². The van der Waals surface area contributed by atoms with Gasteiger partial charge in [-0.15, -0.1) is 0 Å². The quantitative estimate of drug-likeness (QED) is 0.730. The second kappa shape index (κ2) is 8.92. The number of hydrogen-bond acceptors (Lipinski definition) is 4. The van der Waals surface area contributed by atoms with E-state index in [1.807, 2.05) is 37.3 Å². The Labute approximate surface area is 152 Å². The Kier molecular flexibility index (Phi) is 6.63. The summed E-state index contributed by atoms with van der Waals surface area (Å²) in [6, 6.07) is 14.5. The monoisotopic (exact) mass is 353 g/mol. The molecule has 0 bridgehead atoms. The summed E-state index contributed by atoms with van der Waals surface area (Å²) in [4.78, 5) is 36.3. The third-order valence-electron chi connectivity index (χ3n) is 3.94. The molecule has 0 heterocycles. The highest BCUT2D eigenvalue weighted by atomic mass is 16.2. The highest BCUT2D eigenvalue weighted by Crippen LogP contribution is 2.09. The largest absolute Gasteiger partial charge is 0.344 e. The van der Waals surface area contributed by atoms with Crippen LogP contribution in [0, 0.1) is 6.92 Å². The van der Waals surface area contributed by atoms with Crippen molar-refractivity contribution in [1.29, 1.82) is 0 Å². The minimum Gasteiger partial charge on any atom is -0.344 e. The fraction of sp³-hybridized carbons (Fsp3) is 0.250. The minimum absolute atomic E-state index is 0.162. The van der Waals surface area contributed by atoms with E-state index < -0.39 is 23.9 Å². The summed E-state index contributed by atoms with van der Waals surface area (Å²) in [6.45, 7) is 3.48. The number of hydrogen-bond donors (Lipinski definition) is 3. The molecule has 26 heavy (non-hydrogen) atoms. The van der Waals surface area contributed by atoms with Gasteiger partial charge >= 0.3 is 0 Å². The van der Waals surface area contributed by atoms with E-state index in [2.05, 4.69) is 10.6 Å². The van der Waals surface area contributed by atoms with Gasteiger partial charge in [0.1, 0.15) is 12.1 Å². The van der Waals surface area contributed by atoms with Crippen molar-refractivity contribution in [2.75, 3.05) is 0 Å². The van der Waals surface area contributed by atoms with Crippen LogP contribution in [-0.2, 0) is 20.8 Å². The Hall–Kier alpha value is -2.99. The zero-order valence-corrected chi connectivity index (χ0v) is 14.9. The second-order valence-electron chi connectivity index (χ2n) is 6.19. The van der Waals surface area contributed by atoms with E-state index in [9.17, 15) is 14.4 Å². The first-order valence-corrected chi connectivity index (χ1v) is 8.37. The lowest BCUT2D eigenvalue weighted by Gasteiger charge is -2.16. The first-order chi connectivity index (χ1) is 12.4. The molecule has 0 aliphatic heterocycles. The van der Waals surface area contributed by atoms with Gasteiger partial charge in [-0.3, -0.25) is 19.7 Å². The zero-order chi connectivity index (χ0) is 19.1. The summed E-state index contributed by atoms with van der Waals surface area (Å²) in [7, 11) is 0. The molecule has 3 amide bonds. The maximum atomic E-state index is 12.1. The molecule has 0 aliphatic carbocycles. The minimum atomic E-state index is -0.949. The number of carbonyl (C=O) groups excluding carboxylic acids is 3. The Morgan fingerprint density at radius 2 is 1.58 bits per heavy atom. The van der Waals surface area contributed by atoms with Gasteiger partial charge in [-0.1, -0.05) is 60.2 Å². The molecule has 136 valence electrons. The van der Waals surface area contributed by atoms with Crippen LogP contribution in [0.4, 0.5) is 0 Å². The molecule has 0 aromatic heterocycles. The van der Waals surface area contributed by atoms with Crippen LogP contribution >= 0.6 is 0 Å². The van der Waals surface area contributed by atoms with Crippen molar-refractivity contribution in [3.8, 4) is 0 Å². The summed E-state index contributed by atoms with van der Waals surface area (Å²) in [6.07, 6.45) is 0.162. The predicted octanol–water partition coefficient (Wildman–Crippen LogP) is 1.39. The third kappa shape index (κ3) is 5.53. The average molecular weight is 353 g/mol. The van der Waals surface area contributed by atoms with E-state index >= 15 is 0 Å². The number of benzene rings is 2. The molecule has 6 heteroatoms. The highest BCUT2D eigenvalue weighted by Gasteiger charge is 2.22. The lowest BCUT2D eigenvalue weighted by atomic mass is 10.1. The van der Waals surface area contributed by atoms with Crippen LogP contribution in [0.3, 0.4) is 0 Å². The third-order valence-corrected chi connectivity index (χ3v) is 3.94. The maximum Gasteiger partial charge on any atom is 0.248 e. The summed E-state index contributed by atoms with van der Waals surface area (Å²) < 4.78 is 0. The van der Waals surface area contributed by atoms with Crippen LogP contribution < -0.4 is 16.4 Å². The molecule has 2 aromatic rings. The molecule has 6 nitrogen and oxygen atoms in total. The molecule has 2 aromatic carbocycles. The molecule has 0 saturated carbocycles. The van der Waals surface area contributed by atoms with E-state index in [4.69, 9.17) is 5.73 Å². The normalized spacial score (nSPS) is 12.7. The molecule has 0 spiro atoms. The van der Waals surface area contributed by atoms with Gasteiger partial charge in [0.05, 0.1) is 6.42 Å². The topological polar surface area (TPSA) is 101 Å². The summed E-state index contributed by atoms with van der Waals surface area (Å²) in [5, 5.41) is 4.82. The van der Waals surface area contributed by atoms with E-state index in [1.165, 1.54) is 6.92 Å². The first kappa shape index (κ1) is 19.3. The van der Waals surface area contributed by atoms with Gasteiger partial charge in [-0.25, -0.2) is 0 Å². The van der Waals surface area contributed by atoms with Crippen molar-refractivity contribution in [3.63, 3.8) is 0 Å². The molecular formula is C20H23N3O3. The Morgan fingerprint density at radius 3 is 2.19 bits per heavy atom. The number of nitrogens with one attached hydrogen (secondary N) is 2. The number of rotatable bonds is 6. The SMILES string of the molecule is Cc1ccc(CC(=O)N[C@@H](C)C(=O)NC(=O)[C@H](N)c2ccccc2)cc1. The first-order valence-electron chi connectivity index (χ1n) is 8.37. The molecule has 0 fully saturated rings. The standard InChI is InChI=1S/C20H23N3O3/c1-13-8-10-15(11-9-13)12-17(24)22-14(2)19(25)23-20(26)18(21)16-6-4-3-5-7-16/h3-11,14,18H,12,21H2,1-2H3,(H,22,24)(H,23,25,26)/t14-,18+/m0/s1. The fourth-order valence-electron chi connectivity index (χ4n) is 2.37. The molecule has 2 rings (SSSR count). The number of aryl methyl sites for hydroxylation is 1. The fourth-order valence-corrected chi connectivity index (χ4v) is 2.37. The smallest absolute Gasteiger partial charge is 0.248 e. The van der Waals surface area contributed by atoms with Crippen LogP contribution in [-0.4, -0.2) is 23.8 Å². The summed E-state index contributed by atoms with van der Waals surface area (Å²) >= 11 is 0. The van der Waals surface area contributed by atoms with Gasteiger partial charge in [0.2, 0.25) is 17.7 Å². The molecule has 2 atom stereocenters. The van der Waals surface area contributed by atoms with E-state index in [1.54, 1.807) is 24.3 Å². The van der Waals surface area contributed by atoms with Gasteiger partial charge in [-0.2, -0.15) is 0 Å². The van der Waals surface area contributed by atoms with Crippen molar-refractivity contribution in [3.05, 3.63) is 71.3 Å². The van der Waals surface area contributed by atoms with Crippen LogP contribution in [0.15, 0.2) is 54.6 Å². The van der Waals surface area contributed by atoms with Gasteiger partial charge in [0, 0.05) is 0 Å². The van der Waals surface area contributed by atoms with Gasteiger partial charge in [0.15, 0.2) is 0 Å². The molecule has 4 N–H and O–H groups in total. The molecule has 0 radical (unpaired) electrons. The van der Waals surface area contributed by atoms with Gasteiger partial charge in [-0.05, 0) is 25.0 Å². The van der Waals surface area contributed by atoms with E-state index in [0.29, 0.717) is 5.56 Å². The average Bonchev–Trinajstić information content (AvgIpc) is 2.63. The van der Waals surface area contributed by atoms with Crippen LogP contribution in [0.2, 0.25) is 0 Å². The van der Waals surface area contributed by atoms with Crippen molar-refractivity contribution in [2.24, 2.45) is 5.73 Å². The van der Waals surface area contributed by atoms with Crippen LogP contribution in [0.5, 0.6) is 0 Å². The molecular weight excluding hydrogens is 330 g/mol. The summed E-state index contributed by atoms with van der Waals surface area (Å²) in [5.74, 6) is -1.50. The number of imide groups is 1. The lowest BCUT2D eigenvalue weighted by Crippen LogP contribution is -2.49. The van der Waals surface area contributed by atoms with E-state index in [-0.39, 0.29) is 12.3 Å². The second-order valence-corrected chi connectivity index (χ2v) is 6.19. The highest BCUT2D eigenvalue weighted by molar-refractivity contribution is 6.01. The molecule has 0 unspecified atom stereocenters. The predicted molar refractivity (Wildman–Crippen MR) is 99.0 cm³/mol. The van der Waals surface area contributed by atoms with E-state index in [0.717, 1.165) is 11.1 Å². The number of amides is 3. The molecule has 0 saturated heterocycles. The van der Waals surface area contributed by atoms with Crippen molar-refractivity contribution < 1.29 is 14.4 Å². The maximum absolute atomic E-state index is 12.1. The Bertz CT molecular complexity index is 773. The Morgan fingerprint density at radius 1 is 0.962 bits per heavy atom. The van der Waals surface area contributed by atoms with Crippen molar-refractivity contribution in [1.82, 2.24) is 10.6 Å². The van der Waals surface area contributed by atoms with Crippen molar-refractivity contribution >= 4 is 17.7 Å². The van der Waals surface area contributed by atoms with Crippen LogP contribution in [0.25, 0.3) is 0 Å². The number of nitrogens with two attached hydrogens (primary N) is 1.